The van der Waals surface area contributed by atoms with E-state index in [0.29, 0.717) is 31.3 Å². The van der Waals surface area contributed by atoms with Crippen molar-refractivity contribution in [3.63, 3.8) is 0 Å². The van der Waals surface area contributed by atoms with Gasteiger partial charge in [0.25, 0.3) is 0 Å². The molecule has 6 heteroatoms. The van der Waals surface area contributed by atoms with Gasteiger partial charge in [0.1, 0.15) is 6.04 Å². The number of carbonyl (C=O) groups is 1. The van der Waals surface area contributed by atoms with Crippen molar-refractivity contribution in [1.82, 2.24) is 15.5 Å². The highest BCUT2D eigenvalue weighted by Gasteiger charge is 2.31. The molecule has 0 saturated carbocycles. The number of rotatable bonds is 5. The zero-order valence-corrected chi connectivity index (χ0v) is 14.1. The largest absolute Gasteiger partial charge is 0.381 e. The minimum atomic E-state index is -0.258. The van der Waals surface area contributed by atoms with Crippen molar-refractivity contribution >= 4 is 5.91 Å². The van der Waals surface area contributed by atoms with Gasteiger partial charge in [-0.3, -0.25) is 4.79 Å². The Hall–Kier alpha value is -2.21. The number of amides is 1. The number of nitrogens with one attached hydrogen (secondary N) is 1. The molecular formula is C18H23N3O3. The molecule has 1 aromatic heterocycles. The van der Waals surface area contributed by atoms with Gasteiger partial charge in [-0.25, -0.2) is 0 Å². The fourth-order valence-corrected chi connectivity index (χ4v) is 3.08. The number of aromatic nitrogens is 2. The van der Waals surface area contributed by atoms with Crippen molar-refractivity contribution in [3.8, 4) is 0 Å². The Morgan fingerprint density at radius 3 is 2.71 bits per heavy atom. The molecule has 0 radical (unpaired) electrons. The predicted octanol–water partition coefficient (Wildman–Crippen LogP) is 2.51. The molecule has 0 unspecified atom stereocenters. The highest BCUT2D eigenvalue weighted by atomic mass is 16.5. The van der Waals surface area contributed by atoms with Gasteiger partial charge in [0.2, 0.25) is 11.8 Å². The molecular weight excluding hydrogens is 306 g/mol. The summed E-state index contributed by atoms with van der Waals surface area (Å²) in [7, 11) is 0. The van der Waals surface area contributed by atoms with E-state index in [2.05, 4.69) is 15.5 Å². The van der Waals surface area contributed by atoms with Crippen molar-refractivity contribution in [2.45, 2.75) is 39.2 Å². The van der Waals surface area contributed by atoms with Crippen molar-refractivity contribution in [2.24, 2.45) is 5.92 Å². The third-order valence-electron chi connectivity index (χ3n) is 4.48. The van der Waals surface area contributed by atoms with Crippen LogP contribution in [-0.4, -0.2) is 29.3 Å². The first kappa shape index (κ1) is 16.6. The second kappa shape index (κ2) is 7.57. The summed E-state index contributed by atoms with van der Waals surface area (Å²) in [5.41, 5.74) is 2.14. The van der Waals surface area contributed by atoms with Crippen LogP contribution in [0.5, 0.6) is 0 Å². The average molecular weight is 329 g/mol. The summed E-state index contributed by atoms with van der Waals surface area (Å²) in [6, 6.07) is 7.66. The lowest BCUT2D eigenvalue weighted by Gasteiger charge is -2.28. The summed E-state index contributed by atoms with van der Waals surface area (Å²) in [6.45, 7) is 5.19. The van der Waals surface area contributed by atoms with Crippen LogP contribution >= 0.6 is 0 Å². The Kier molecular flexibility index (Phi) is 5.25. The summed E-state index contributed by atoms with van der Waals surface area (Å²) in [5, 5.41) is 6.97. The van der Waals surface area contributed by atoms with Crippen LogP contribution in [-0.2, 0) is 16.0 Å². The molecule has 1 fully saturated rings. The number of nitrogens with zero attached hydrogens (tertiary/aromatic N) is 2. The Labute approximate surface area is 141 Å². The molecule has 1 saturated heterocycles. The average Bonchev–Trinajstić information content (AvgIpc) is 3.02. The van der Waals surface area contributed by atoms with Crippen LogP contribution in [0, 0.1) is 19.8 Å². The van der Waals surface area contributed by atoms with E-state index in [4.69, 9.17) is 9.26 Å². The maximum Gasteiger partial charge on any atom is 0.249 e. The summed E-state index contributed by atoms with van der Waals surface area (Å²) >= 11 is 0. The zero-order chi connectivity index (χ0) is 16.9. The van der Waals surface area contributed by atoms with E-state index in [1.165, 1.54) is 0 Å². The van der Waals surface area contributed by atoms with Crippen LogP contribution in [0.25, 0.3) is 0 Å². The van der Waals surface area contributed by atoms with E-state index in [0.717, 1.165) is 24.0 Å². The minimum Gasteiger partial charge on any atom is -0.381 e. The molecule has 24 heavy (non-hydrogen) atoms. The van der Waals surface area contributed by atoms with Crippen LogP contribution in [0.4, 0.5) is 0 Å². The van der Waals surface area contributed by atoms with Crippen LogP contribution in [0.1, 0.15) is 41.7 Å². The summed E-state index contributed by atoms with van der Waals surface area (Å²) in [4.78, 5) is 16.9. The van der Waals surface area contributed by atoms with Gasteiger partial charge < -0.3 is 14.6 Å². The van der Waals surface area contributed by atoms with Gasteiger partial charge in [-0.2, -0.15) is 4.98 Å². The number of hydrogen-bond acceptors (Lipinski definition) is 5. The van der Waals surface area contributed by atoms with Gasteiger partial charge >= 0.3 is 0 Å². The van der Waals surface area contributed by atoms with Crippen molar-refractivity contribution in [1.29, 1.82) is 0 Å². The second-order valence-corrected chi connectivity index (χ2v) is 6.28. The zero-order valence-electron chi connectivity index (χ0n) is 14.1. The fraction of sp³-hybridized carbons (Fsp3) is 0.500. The van der Waals surface area contributed by atoms with Crippen LogP contribution in [0.3, 0.4) is 0 Å². The number of benzene rings is 1. The smallest absolute Gasteiger partial charge is 0.249 e. The Morgan fingerprint density at radius 1 is 1.29 bits per heavy atom. The molecule has 1 aliphatic heterocycles. The summed E-state index contributed by atoms with van der Waals surface area (Å²) < 4.78 is 10.8. The van der Waals surface area contributed by atoms with Gasteiger partial charge in [-0.1, -0.05) is 29.4 Å². The first-order valence-corrected chi connectivity index (χ1v) is 8.35. The number of carbonyl (C=O) groups excluding carboxylic acids is 1. The molecule has 1 aliphatic rings. The predicted molar refractivity (Wildman–Crippen MR) is 88.3 cm³/mol. The third kappa shape index (κ3) is 4.00. The standard InChI is InChI=1S/C18H23N3O3/c1-12-5-3-4-6-15(12)11-16(22)20-17(14-7-9-23-10-8-14)18-19-13(2)21-24-18/h3-6,14,17H,7-11H2,1-2H3,(H,20,22)/t17-/m0/s1. The highest BCUT2D eigenvalue weighted by molar-refractivity contribution is 5.79. The molecule has 128 valence electrons. The molecule has 1 amide bonds. The highest BCUT2D eigenvalue weighted by Crippen LogP contribution is 2.29. The molecule has 1 atom stereocenters. The Balaban J connectivity index is 1.73. The van der Waals surface area contributed by atoms with Gasteiger partial charge in [0.05, 0.1) is 6.42 Å². The van der Waals surface area contributed by atoms with Crippen LogP contribution in [0.15, 0.2) is 28.8 Å². The molecule has 0 aliphatic carbocycles. The number of aryl methyl sites for hydroxylation is 2. The monoisotopic (exact) mass is 329 g/mol. The van der Waals surface area contributed by atoms with Gasteiger partial charge in [0.15, 0.2) is 5.82 Å². The molecule has 0 bridgehead atoms. The Morgan fingerprint density at radius 2 is 2.04 bits per heavy atom. The quantitative estimate of drug-likeness (QED) is 0.912. The van der Waals surface area contributed by atoms with E-state index in [-0.39, 0.29) is 17.9 Å². The lowest BCUT2D eigenvalue weighted by molar-refractivity contribution is -0.122. The third-order valence-corrected chi connectivity index (χ3v) is 4.48. The molecule has 2 heterocycles. The number of ether oxygens (including phenoxy) is 1. The fourth-order valence-electron chi connectivity index (χ4n) is 3.08. The lowest BCUT2D eigenvalue weighted by atomic mass is 9.91. The lowest BCUT2D eigenvalue weighted by Crippen LogP contribution is -2.37. The van der Waals surface area contributed by atoms with Crippen molar-refractivity contribution in [3.05, 3.63) is 47.1 Å². The van der Waals surface area contributed by atoms with Gasteiger partial charge in [-0.05, 0) is 43.7 Å². The topological polar surface area (TPSA) is 77.2 Å². The Bertz CT molecular complexity index is 692. The maximum atomic E-state index is 12.6. The summed E-state index contributed by atoms with van der Waals surface area (Å²) in [5.74, 6) is 1.28. The first-order valence-electron chi connectivity index (χ1n) is 8.35. The van der Waals surface area contributed by atoms with E-state index >= 15 is 0 Å². The minimum absolute atomic E-state index is 0.0309. The van der Waals surface area contributed by atoms with E-state index in [1.807, 2.05) is 31.2 Å². The molecule has 1 N–H and O–H groups in total. The van der Waals surface area contributed by atoms with Gasteiger partial charge in [0, 0.05) is 13.2 Å². The number of hydrogen-bond donors (Lipinski definition) is 1. The molecule has 1 aromatic carbocycles. The summed E-state index contributed by atoms with van der Waals surface area (Å²) in [6.07, 6.45) is 2.09. The van der Waals surface area contributed by atoms with E-state index in [9.17, 15) is 4.79 Å². The van der Waals surface area contributed by atoms with Crippen molar-refractivity contribution in [2.75, 3.05) is 13.2 Å². The molecule has 6 nitrogen and oxygen atoms in total. The van der Waals surface area contributed by atoms with E-state index < -0.39 is 0 Å². The van der Waals surface area contributed by atoms with E-state index in [1.54, 1.807) is 6.92 Å². The molecule has 0 spiro atoms. The second-order valence-electron chi connectivity index (χ2n) is 6.28. The molecule has 3 rings (SSSR count). The van der Waals surface area contributed by atoms with Crippen LogP contribution in [0.2, 0.25) is 0 Å². The maximum absolute atomic E-state index is 12.6. The molecule has 2 aromatic rings. The SMILES string of the molecule is Cc1noc([C@@H](NC(=O)Cc2ccccc2C)C2CCOCC2)n1. The first-order chi connectivity index (χ1) is 11.6. The van der Waals surface area contributed by atoms with Gasteiger partial charge in [-0.15, -0.1) is 0 Å². The normalized spacial score (nSPS) is 16.8. The van der Waals surface area contributed by atoms with Crippen molar-refractivity contribution < 1.29 is 14.1 Å². The van der Waals surface area contributed by atoms with Crippen LogP contribution < -0.4 is 5.32 Å².